The van der Waals surface area contributed by atoms with Crippen LogP contribution in [-0.4, -0.2) is 30.1 Å². The highest BCUT2D eigenvalue weighted by Gasteiger charge is 2.20. The number of ether oxygens (including phenoxy) is 1. The minimum Gasteiger partial charge on any atom is -0.495 e. The fourth-order valence-corrected chi connectivity index (χ4v) is 2.72. The first-order valence-corrected chi connectivity index (χ1v) is 8.26. The van der Waals surface area contributed by atoms with E-state index in [1.54, 1.807) is 12.1 Å². The Labute approximate surface area is 151 Å². The number of amides is 1. The van der Waals surface area contributed by atoms with Crippen molar-refractivity contribution in [3.63, 3.8) is 0 Å². The Morgan fingerprint density at radius 3 is 2.48 bits per heavy atom. The number of nitrogens with one attached hydrogen (secondary N) is 1. The first-order valence-electron chi connectivity index (χ1n) is 7.88. The van der Waals surface area contributed by atoms with Crippen LogP contribution in [0.5, 0.6) is 5.75 Å². The number of methoxy groups -OCH3 is 1. The molecule has 0 radical (unpaired) electrons. The van der Waals surface area contributed by atoms with Crippen LogP contribution in [0.1, 0.15) is 17.5 Å². The maximum atomic E-state index is 12.1. The van der Waals surface area contributed by atoms with E-state index in [2.05, 4.69) is 5.32 Å². The molecule has 0 saturated carbocycles. The number of aliphatic carboxylic acids is 1. The number of carboxylic acid groups (broad SMARTS) is 1. The minimum atomic E-state index is -1.05. The lowest BCUT2D eigenvalue weighted by atomic mass is 10.1. The molecular weight excluding hydrogens is 342 g/mol. The van der Waals surface area contributed by atoms with Gasteiger partial charge in [0.1, 0.15) is 11.8 Å². The number of hydrogen-bond donors (Lipinski definition) is 2. The quantitative estimate of drug-likeness (QED) is 0.757. The molecule has 2 aromatic rings. The molecule has 2 rings (SSSR count). The molecule has 2 aromatic carbocycles. The molecule has 5 nitrogen and oxygen atoms in total. The second-order valence-electron chi connectivity index (χ2n) is 5.62. The van der Waals surface area contributed by atoms with Gasteiger partial charge in [-0.2, -0.15) is 0 Å². The molecule has 0 fully saturated rings. The number of carbonyl (C=O) groups is 2. The number of hydrogen-bond acceptors (Lipinski definition) is 3. The summed E-state index contributed by atoms with van der Waals surface area (Å²) in [6, 6.07) is 13.6. The number of carboxylic acids is 1. The first kappa shape index (κ1) is 18.8. The summed E-state index contributed by atoms with van der Waals surface area (Å²) < 4.78 is 5.08. The zero-order valence-corrected chi connectivity index (χ0v) is 14.6. The van der Waals surface area contributed by atoms with Crippen molar-refractivity contribution in [2.75, 3.05) is 7.11 Å². The summed E-state index contributed by atoms with van der Waals surface area (Å²) in [5.74, 6) is -0.788. The minimum absolute atomic E-state index is 0.182. The zero-order chi connectivity index (χ0) is 18.2. The molecule has 0 aliphatic rings. The normalized spacial score (nSPS) is 11.6. The third-order valence-electron chi connectivity index (χ3n) is 3.77. The summed E-state index contributed by atoms with van der Waals surface area (Å²) in [4.78, 5) is 23.5. The fourth-order valence-electron chi connectivity index (χ4n) is 2.44. The van der Waals surface area contributed by atoms with E-state index in [9.17, 15) is 14.7 Å². The van der Waals surface area contributed by atoms with E-state index in [0.29, 0.717) is 17.2 Å². The van der Waals surface area contributed by atoms with Gasteiger partial charge in [0.15, 0.2) is 0 Å². The van der Waals surface area contributed by atoms with Crippen LogP contribution < -0.4 is 10.1 Å². The molecule has 0 aliphatic carbocycles. The Kier molecular flexibility index (Phi) is 6.83. The Morgan fingerprint density at radius 2 is 1.88 bits per heavy atom. The molecule has 0 unspecified atom stereocenters. The topological polar surface area (TPSA) is 75.6 Å². The van der Waals surface area contributed by atoms with Gasteiger partial charge in [0, 0.05) is 12.8 Å². The lowest BCUT2D eigenvalue weighted by Crippen LogP contribution is -2.42. The Bertz CT molecular complexity index is 733. The average molecular weight is 362 g/mol. The second kappa shape index (κ2) is 9.08. The van der Waals surface area contributed by atoms with Gasteiger partial charge in [-0.3, -0.25) is 4.79 Å². The van der Waals surface area contributed by atoms with E-state index in [4.69, 9.17) is 16.3 Å². The average Bonchev–Trinajstić information content (AvgIpc) is 2.60. The molecule has 1 atom stereocenters. The highest BCUT2D eigenvalue weighted by molar-refractivity contribution is 6.32. The smallest absolute Gasteiger partial charge is 0.326 e. The van der Waals surface area contributed by atoms with Gasteiger partial charge in [0.25, 0.3) is 0 Å². The lowest BCUT2D eigenvalue weighted by molar-refractivity contribution is -0.141. The zero-order valence-electron chi connectivity index (χ0n) is 13.9. The van der Waals surface area contributed by atoms with Gasteiger partial charge in [-0.25, -0.2) is 4.79 Å². The first-order chi connectivity index (χ1) is 12.0. The molecule has 25 heavy (non-hydrogen) atoms. The Hall–Kier alpha value is -2.53. The van der Waals surface area contributed by atoms with Crippen molar-refractivity contribution in [3.8, 4) is 5.75 Å². The predicted octanol–water partition coefficient (Wildman–Crippen LogP) is 3.09. The molecule has 2 N–H and O–H groups in total. The molecular formula is C19H20ClNO4. The molecule has 0 heterocycles. The summed E-state index contributed by atoms with van der Waals surface area (Å²) in [6.07, 6.45) is 0.894. The van der Waals surface area contributed by atoms with Gasteiger partial charge < -0.3 is 15.2 Å². The van der Waals surface area contributed by atoms with Crippen molar-refractivity contribution < 1.29 is 19.4 Å². The standard InChI is InChI=1S/C19H20ClNO4/c1-25-17-9-7-14(11-15(17)20)8-10-18(22)21-16(19(23)24)12-13-5-3-2-4-6-13/h2-7,9,11,16H,8,10,12H2,1H3,(H,21,22)(H,23,24)/t16-/m1/s1. The van der Waals surface area contributed by atoms with Crippen molar-refractivity contribution >= 4 is 23.5 Å². The Morgan fingerprint density at radius 1 is 1.16 bits per heavy atom. The molecule has 0 aliphatic heterocycles. The Balaban J connectivity index is 1.90. The lowest BCUT2D eigenvalue weighted by Gasteiger charge is -2.15. The van der Waals surface area contributed by atoms with Crippen molar-refractivity contribution in [1.29, 1.82) is 0 Å². The van der Waals surface area contributed by atoms with Gasteiger partial charge >= 0.3 is 5.97 Å². The van der Waals surface area contributed by atoms with Crippen molar-refractivity contribution in [3.05, 3.63) is 64.7 Å². The molecule has 1 amide bonds. The number of aryl methyl sites for hydroxylation is 1. The van der Waals surface area contributed by atoms with E-state index < -0.39 is 12.0 Å². The number of benzene rings is 2. The maximum Gasteiger partial charge on any atom is 0.326 e. The van der Waals surface area contributed by atoms with Gasteiger partial charge in [0.05, 0.1) is 12.1 Å². The van der Waals surface area contributed by atoms with E-state index in [1.807, 2.05) is 36.4 Å². The second-order valence-corrected chi connectivity index (χ2v) is 6.02. The maximum absolute atomic E-state index is 12.1. The summed E-state index contributed by atoms with van der Waals surface area (Å²) >= 11 is 6.06. The van der Waals surface area contributed by atoms with Crippen molar-refractivity contribution in [2.45, 2.75) is 25.3 Å². The number of halogens is 1. The molecule has 0 spiro atoms. The van der Waals surface area contributed by atoms with Gasteiger partial charge in [0.2, 0.25) is 5.91 Å². The van der Waals surface area contributed by atoms with E-state index in [-0.39, 0.29) is 18.7 Å². The molecule has 0 aromatic heterocycles. The van der Waals surface area contributed by atoms with E-state index >= 15 is 0 Å². The van der Waals surface area contributed by atoms with Crippen LogP contribution in [-0.2, 0) is 22.4 Å². The van der Waals surface area contributed by atoms with Crippen molar-refractivity contribution in [1.82, 2.24) is 5.32 Å². The summed E-state index contributed by atoms with van der Waals surface area (Å²) in [6.45, 7) is 0. The van der Waals surface area contributed by atoms with E-state index in [1.165, 1.54) is 7.11 Å². The monoisotopic (exact) mass is 361 g/mol. The van der Waals surface area contributed by atoms with Crippen molar-refractivity contribution in [2.24, 2.45) is 0 Å². The highest BCUT2D eigenvalue weighted by atomic mass is 35.5. The molecule has 6 heteroatoms. The van der Waals surface area contributed by atoms with Crippen LogP contribution in [0, 0.1) is 0 Å². The van der Waals surface area contributed by atoms with Crippen LogP contribution in [0.3, 0.4) is 0 Å². The van der Waals surface area contributed by atoms with Crippen LogP contribution in [0.4, 0.5) is 0 Å². The highest BCUT2D eigenvalue weighted by Crippen LogP contribution is 2.25. The largest absolute Gasteiger partial charge is 0.495 e. The predicted molar refractivity (Wildman–Crippen MR) is 96.0 cm³/mol. The third-order valence-corrected chi connectivity index (χ3v) is 4.07. The van der Waals surface area contributed by atoms with Crippen LogP contribution in [0.25, 0.3) is 0 Å². The van der Waals surface area contributed by atoms with E-state index in [0.717, 1.165) is 11.1 Å². The molecule has 0 bridgehead atoms. The third kappa shape index (κ3) is 5.80. The summed E-state index contributed by atoms with van der Waals surface area (Å²) in [5.41, 5.74) is 1.74. The summed E-state index contributed by atoms with van der Waals surface area (Å²) in [7, 11) is 1.53. The van der Waals surface area contributed by atoms with Gasteiger partial charge in [-0.1, -0.05) is 48.0 Å². The number of carbonyl (C=O) groups excluding carboxylic acids is 1. The van der Waals surface area contributed by atoms with Crippen LogP contribution in [0.2, 0.25) is 5.02 Å². The van der Waals surface area contributed by atoms with Gasteiger partial charge in [-0.15, -0.1) is 0 Å². The van der Waals surface area contributed by atoms with Crippen LogP contribution >= 0.6 is 11.6 Å². The van der Waals surface area contributed by atoms with Gasteiger partial charge in [-0.05, 0) is 29.7 Å². The summed E-state index contributed by atoms with van der Waals surface area (Å²) in [5, 5.41) is 12.4. The fraction of sp³-hybridized carbons (Fsp3) is 0.263. The number of rotatable bonds is 8. The van der Waals surface area contributed by atoms with Crippen LogP contribution in [0.15, 0.2) is 48.5 Å². The molecule has 132 valence electrons. The molecule has 0 saturated heterocycles. The SMILES string of the molecule is COc1ccc(CCC(=O)N[C@H](Cc2ccccc2)C(=O)O)cc1Cl.